The molecule has 110 valence electrons. The standard InChI is InChI=1S/C13H20N4O3/c1-17(2)13(19)9-3-4-11(10(14)7-9)16-5-6-20-8-12(15)18/h3-4,7,16H,5-6,8,14H2,1-2H3,(H2,15,18). The zero-order valence-corrected chi connectivity index (χ0v) is 11.7. The molecular formula is C13H20N4O3. The van der Waals surface area contributed by atoms with Crippen molar-refractivity contribution < 1.29 is 14.3 Å². The summed E-state index contributed by atoms with van der Waals surface area (Å²) in [6.07, 6.45) is 0. The van der Waals surface area contributed by atoms with Crippen molar-refractivity contribution in [3.05, 3.63) is 23.8 Å². The third-order valence-corrected chi connectivity index (χ3v) is 2.51. The molecule has 0 heterocycles. The van der Waals surface area contributed by atoms with Gasteiger partial charge in [0.15, 0.2) is 0 Å². The van der Waals surface area contributed by atoms with Gasteiger partial charge in [0, 0.05) is 26.2 Å². The van der Waals surface area contributed by atoms with Crippen LogP contribution in [0, 0.1) is 0 Å². The summed E-state index contributed by atoms with van der Waals surface area (Å²) >= 11 is 0. The first kappa shape index (κ1) is 15.8. The molecule has 0 saturated heterocycles. The van der Waals surface area contributed by atoms with Crippen molar-refractivity contribution in [2.75, 3.05) is 44.9 Å². The number of nitrogens with one attached hydrogen (secondary N) is 1. The predicted molar refractivity (Wildman–Crippen MR) is 77.4 cm³/mol. The van der Waals surface area contributed by atoms with Crippen LogP contribution < -0.4 is 16.8 Å². The highest BCUT2D eigenvalue weighted by molar-refractivity contribution is 5.95. The Morgan fingerprint density at radius 1 is 1.35 bits per heavy atom. The molecule has 1 aromatic carbocycles. The van der Waals surface area contributed by atoms with E-state index in [1.807, 2.05) is 0 Å². The highest BCUT2D eigenvalue weighted by Gasteiger charge is 2.09. The van der Waals surface area contributed by atoms with E-state index in [9.17, 15) is 9.59 Å². The van der Waals surface area contributed by atoms with E-state index < -0.39 is 5.91 Å². The molecular weight excluding hydrogens is 260 g/mol. The molecule has 0 radical (unpaired) electrons. The number of rotatable bonds is 7. The molecule has 0 fully saturated rings. The van der Waals surface area contributed by atoms with Gasteiger partial charge in [-0.3, -0.25) is 9.59 Å². The van der Waals surface area contributed by atoms with E-state index in [4.69, 9.17) is 16.2 Å². The van der Waals surface area contributed by atoms with Gasteiger partial charge in [-0.25, -0.2) is 0 Å². The SMILES string of the molecule is CN(C)C(=O)c1ccc(NCCOCC(N)=O)c(N)c1. The summed E-state index contributed by atoms with van der Waals surface area (Å²) in [5.74, 6) is -0.607. The molecule has 7 nitrogen and oxygen atoms in total. The number of anilines is 2. The maximum Gasteiger partial charge on any atom is 0.253 e. The Morgan fingerprint density at radius 2 is 2.05 bits per heavy atom. The third kappa shape index (κ3) is 4.77. The van der Waals surface area contributed by atoms with Gasteiger partial charge >= 0.3 is 0 Å². The molecule has 7 heteroatoms. The number of carbonyl (C=O) groups excluding carboxylic acids is 2. The van der Waals surface area contributed by atoms with Gasteiger partial charge in [0.2, 0.25) is 5.91 Å². The molecule has 0 saturated carbocycles. The van der Waals surface area contributed by atoms with Crippen LogP contribution in [-0.4, -0.2) is 50.6 Å². The van der Waals surface area contributed by atoms with Crippen LogP contribution in [0.1, 0.15) is 10.4 Å². The van der Waals surface area contributed by atoms with Crippen LogP contribution in [-0.2, 0) is 9.53 Å². The van der Waals surface area contributed by atoms with Gasteiger partial charge in [-0.15, -0.1) is 0 Å². The third-order valence-electron chi connectivity index (χ3n) is 2.51. The first-order valence-corrected chi connectivity index (χ1v) is 6.13. The fraction of sp³-hybridized carbons (Fsp3) is 0.385. The maximum absolute atomic E-state index is 11.8. The van der Waals surface area contributed by atoms with Crippen LogP contribution in [0.15, 0.2) is 18.2 Å². The van der Waals surface area contributed by atoms with Gasteiger partial charge < -0.3 is 26.4 Å². The summed E-state index contributed by atoms with van der Waals surface area (Å²) in [6.45, 7) is 0.715. The van der Waals surface area contributed by atoms with Crippen LogP contribution in [0.25, 0.3) is 0 Å². The minimum Gasteiger partial charge on any atom is -0.397 e. The van der Waals surface area contributed by atoms with Gasteiger partial charge in [-0.2, -0.15) is 0 Å². The van der Waals surface area contributed by atoms with Crippen molar-refractivity contribution in [3.8, 4) is 0 Å². The molecule has 0 aliphatic rings. The fourth-order valence-electron chi connectivity index (χ4n) is 1.55. The zero-order valence-electron chi connectivity index (χ0n) is 11.7. The van der Waals surface area contributed by atoms with E-state index >= 15 is 0 Å². The highest BCUT2D eigenvalue weighted by Crippen LogP contribution is 2.20. The van der Waals surface area contributed by atoms with E-state index in [2.05, 4.69) is 5.32 Å². The molecule has 1 rings (SSSR count). The van der Waals surface area contributed by atoms with E-state index in [-0.39, 0.29) is 12.5 Å². The number of primary amides is 1. The lowest BCUT2D eigenvalue weighted by Crippen LogP contribution is -2.22. The molecule has 0 bridgehead atoms. The van der Waals surface area contributed by atoms with Crippen molar-refractivity contribution in [1.82, 2.24) is 4.90 Å². The van der Waals surface area contributed by atoms with Crippen molar-refractivity contribution in [1.29, 1.82) is 0 Å². The van der Waals surface area contributed by atoms with Crippen molar-refractivity contribution in [2.24, 2.45) is 5.73 Å². The maximum atomic E-state index is 11.8. The molecule has 0 unspecified atom stereocenters. The quantitative estimate of drug-likeness (QED) is 0.476. The fourth-order valence-corrected chi connectivity index (χ4v) is 1.55. The second kappa shape index (κ2) is 7.34. The Kier molecular flexibility index (Phi) is 5.79. The van der Waals surface area contributed by atoms with E-state index in [1.54, 1.807) is 32.3 Å². The molecule has 0 aliphatic heterocycles. The lowest BCUT2D eigenvalue weighted by atomic mass is 10.1. The summed E-state index contributed by atoms with van der Waals surface area (Å²) in [7, 11) is 3.36. The minimum atomic E-state index is -0.504. The first-order chi connectivity index (χ1) is 9.41. The second-order valence-corrected chi connectivity index (χ2v) is 4.45. The number of benzene rings is 1. The van der Waals surface area contributed by atoms with Gasteiger partial charge in [0.25, 0.3) is 5.91 Å². The molecule has 20 heavy (non-hydrogen) atoms. The van der Waals surface area contributed by atoms with Gasteiger partial charge in [-0.05, 0) is 18.2 Å². The summed E-state index contributed by atoms with van der Waals surface area (Å²) in [6, 6.07) is 5.06. The number of nitrogens with two attached hydrogens (primary N) is 2. The van der Waals surface area contributed by atoms with Crippen molar-refractivity contribution >= 4 is 23.2 Å². The summed E-state index contributed by atoms with van der Waals surface area (Å²) in [4.78, 5) is 23.7. The lowest BCUT2D eigenvalue weighted by Gasteiger charge is -2.13. The van der Waals surface area contributed by atoms with Gasteiger partial charge in [0.1, 0.15) is 6.61 Å². The smallest absolute Gasteiger partial charge is 0.253 e. The normalized spacial score (nSPS) is 10.1. The van der Waals surface area contributed by atoms with E-state index in [0.29, 0.717) is 30.1 Å². The molecule has 0 atom stereocenters. The molecule has 0 spiro atoms. The second-order valence-electron chi connectivity index (χ2n) is 4.45. The number of amides is 2. The molecule has 1 aromatic rings. The minimum absolute atomic E-state index is 0.104. The van der Waals surface area contributed by atoms with Crippen molar-refractivity contribution in [3.63, 3.8) is 0 Å². The number of ether oxygens (including phenoxy) is 1. The number of nitrogen functional groups attached to an aromatic ring is 1. The number of carbonyl (C=O) groups is 2. The largest absolute Gasteiger partial charge is 0.397 e. The van der Waals surface area contributed by atoms with Crippen LogP contribution in [0.5, 0.6) is 0 Å². The molecule has 2 amide bonds. The zero-order chi connectivity index (χ0) is 15.1. The summed E-state index contributed by atoms with van der Waals surface area (Å²) in [5, 5.41) is 3.06. The predicted octanol–water partition coefficient (Wildman–Crippen LogP) is -0.116. The van der Waals surface area contributed by atoms with E-state index in [0.717, 1.165) is 0 Å². The van der Waals surface area contributed by atoms with Gasteiger partial charge in [0.05, 0.1) is 18.0 Å². The molecule has 0 aliphatic carbocycles. The first-order valence-electron chi connectivity index (χ1n) is 6.13. The molecule has 5 N–H and O–H groups in total. The van der Waals surface area contributed by atoms with E-state index in [1.165, 1.54) is 4.90 Å². The number of hydrogen-bond acceptors (Lipinski definition) is 5. The van der Waals surface area contributed by atoms with Crippen molar-refractivity contribution in [2.45, 2.75) is 0 Å². The van der Waals surface area contributed by atoms with Crippen LogP contribution in [0.3, 0.4) is 0 Å². The Balaban J connectivity index is 2.52. The Bertz CT molecular complexity index is 489. The monoisotopic (exact) mass is 280 g/mol. The highest BCUT2D eigenvalue weighted by atomic mass is 16.5. The van der Waals surface area contributed by atoms with Crippen LogP contribution >= 0.6 is 0 Å². The van der Waals surface area contributed by atoms with Crippen LogP contribution in [0.4, 0.5) is 11.4 Å². The number of nitrogens with zero attached hydrogens (tertiary/aromatic N) is 1. The Morgan fingerprint density at radius 3 is 2.60 bits per heavy atom. The summed E-state index contributed by atoms with van der Waals surface area (Å²) in [5.41, 5.74) is 12.5. The Labute approximate surface area is 117 Å². The van der Waals surface area contributed by atoms with Gasteiger partial charge in [-0.1, -0.05) is 0 Å². The Hall–Kier alpha value is -2.28. The summed E-state index contributed by atoms with van der Waals surface area (Å²) < 4.78 is 5.01. The van der Waals surface area contributed by atoms with Crippen LogP contribution in [0.2, 0.25) is 0 Å². The number of hydrogen-bond donors (Lipinski definition) is 3. The lowest BCUT2D eigenvalue weighted by molar-refractivity contribution is -0.122. The average Bonchev–Trinajstić information content (AvgIpc) is 2.38. The topological polar surface area (TPSA) is 111 Å². The molecule has 0 aromatic heterocycles. The average molecular weight is 280 g/mol.